The Bertz CT molecular complexity index is 768. The molecule has 2 heterocycles. The summed E-state index contributed by atoms with van der Waals surface area (Å²) >= 11 is 0. The number of carbonyl (C=O) groups excluding carboxylic acids is 1. The number of amides is 1. The number of ether oxygens (including phenoxy) is 1. The first-order chi connectivity index (χ1) is 12.1. The monoisotopic (exact) mass is 380 g/mol. The molecule has 2 unspecified atom stereocenters. The predicted octanol–water partition coefficient (Wildman–Crippen LogP) is 3.02. The minimum Gasteiger partial charge on any atom is -0.444 e. The van der Waals surface area contributed by atoms with Crippen LogP contribution in [0.4, 0.5) is 4.79 Å². The Labute approximate surface area is 156 Å². The van der Waals surface area contributed by atoms with Gasteiger partial charge in [0.1, 0.15) is 5.60 Å². The van der Waals surface area contributed by atoms with Gasteiger partial charge in [-0.1, -0.05) is 25.5 Å². The van der Waals surface area contributed by atoms with Crippen LogP contribution in [0.2, 0.25) is 0 Å². The first-order valence-corrected chi connectivity index (χ1v) is 10.7. The summed E-state index contributed by atoms with van der Waals surface area (Å²) in [6, 6.07) is 6.88. The molecule has 7 heteroatoms. The van der Waals surface area contributed by atoms with Crippen molar-refractivity contribution in [3.8, 4) is 0 Å². The van der Waals surface area contributed by atoms with Gasteiger partial charge < -0.3 is 9.64 Å². The van der Waals surface area contributed by atoms with Crippen LogP contribution in [0.5, 0.6) is 0 Å². The zero-order chi connectivity index (χ0) is 19.1. The Hall–Kier alpha value is -1.60. The van der Waals surface area contributed by atoms with Gasteiger partial charge >= 0.3 is 6.09 Å². The lowest BCUT2D eigenvalue weighted by atomic mass is 10.1. The van der Waals surface area contributed by atoms with Crippen LogP contribution in [0, 0.1) is 0 Å². The van der Waals surface area contributed by atoms with E-state index in [-0.39, 0.29) is 18.2 Å². The van der Waals surface area contributed by atoms with Crippen molar-refractivity contribution in [1.82, 2.24) is 9.21 Å². The molecule has 1 aromatic rings. The number of piperazine rings is 1. The van der Waals surface area contributed by atoms with E-state index in [1.54, 1.807) is 21.3 Å². The van der Waals surface area contributed by atoms with Crippen molar-refractivity contribution in [2.75, 3.05) is 13.1 Å². The van der Waals surface area contributed by atoms with E-state index in [0.29, 0.717) is 24.4 Å². The van der Waals surface area contributed by atoms with Crippen molar-refractivity contribution < 1.29 is 17.9 Å². The number of likely N-dealkylation sites (tertiary alicyclic amines) is 1. The van der Waals surface area contributed by atoms with Gasteiger partial charge in [-0.2, -0.15) is 4.31 Å². The maximum absolute atomic E-state index is 13.0. The van der Waals surface area contributed by atoms with E-state index in [4.69, 9.17) is 4.74 Å². The van der Waals surface area contributed by atoms with Gasteiger partial charge in [0.15, 0.2) is 0 Å². The van der Waals surface area contributed by atoms with E-state index in [0.717, 1.165) is 18.4 Å². The molecule has 0 radical (unpaired) electrons. The number of hydrogen-bond acceptors (Lipinski definition) is 4. The molecule has 0 spiro atoms. The Kier molecular flexibility index (Phi) is 5.05. The Morgan fingerprint density at radius 2 is 1.81 bits per heavy atom. The molecule has 2 saturated heterocycles. The molecule has 0 saturated carbocycles. The maximum atomic E-state index is 13.0. The molecule has 2 atom stereocenters. The largest absolute Gasteiger partial charge is 0.444 e. The lowest BCUT2D eigenvalue weighted by molar-refractivity contribution is 0.0173. The molecule has 26 heavy (non-hydrogen) atoms. The van der Waals surface area contributed by atoms with Crippen LogP contribution in [0.25, 0.3) is 0 Å². The second kappa shape index (κ2) is 6.85. The smallest absolute Gasteiger partial charge is 0.410 e. The van der Waals surface area contributed by atoms with Gasteiger partial charge in [-0.05, 0) is 51.3 Å². The lowest BCUT2D eigenvalue weighted by Crippen LogP contribution is -2.51. The van der Waals surface area contributed by atoms with Crippen molar-refractivity contribution in [2.24, 2.45) is 0 Å². The van der Waals surface area contributed by atoms with E-state index >= 15 is 0 Å². The van der Waals surface area contributed by atoms with Gasteiger partial charge in [0.05, 0.1) is 10.9 Å². The average Bonchev–Trinajstić information content (AvgIpc) is 3.15. The summed E-state index contributed by atoms with van der Waals surface area (Å²) in [5.74, 6) is 0. The molecular weight excluding hydrogens is 352 g/mol. The number of hydrogen-bond donors (Lipinski definition) is 0. The summed E-state index contributed by atoms with van der Waals surface area (Å²) in [4.78, 5) is 14.3. The SMILES string of the molecule is CCCc1ccc(S(=O)(=O)N2CC3CC2CN3C(=O)OC(C)(C)C)cc1. The molecule has 0 aromatic heterocycles. The highest BCUT2D eigenvalue weighted by molar-refractivity contribution is 7.89. The summed E-state index contributed by atoms with van der Waals surface area (Å²) in [7, 11) is -3.53. The highest BCUT2D eigenvalue weighted by Gasteiger charge is 2.50. The van der Waals surface area contributed by atoms with Crippen molar-refractivity contribution in [2.45, 2.75) is 69.5 Å². The third kappa shape index (κ3) is 3.74. The highest BCUT2D eigenvalue weighted by atomic mass is 32.2. The fourth-order valence-corrected chi connectivity index (χ4v) is 5.39. The van der Waals surface area contributed by atoms with Gasteiger partial charge in [-0.25, -0.2) is 13.2 Å². The van der Waals surface area contributed by atoms with Gasteiger partial charge in [-0.15, -0.1) is 0 Å². The molecule has 1 amide bonds. The van der Waals surface area contributed by atoms with E-state index < -0.39 is 15.6 Å². The van der Waals surface area contributed by atoms with Crippen LogP contribution >= 0.6 is 0 Å². The van der Waals surface area contributed by atoms with Crippen LogP contribution in [0.15, 0.2) is 29.2 Å². The average molecular weight is 381 g/mol. The molecule has 144 valence electrons. The quantitative estimate of drug-likeness (QED) is 0.805. The van der Waals surface area contributed by atoms with Crippen LogP contribution in [0.1, 0.15) is 46.1 Å². The highest BCUT2D eigenvalue weighted by Crippen LogP contribution is 2.35. The normalized spacial score (nSPS) is 23.5. The zero-order valence-corrected chi connectivity index (χ0v) is 16.8. The van der Waals surface area contributed by atoms with Crippen LogP contribution in [-0.4, -0.2) is 54.5 Å². The van der Waals surface area contributed by atoms with E-state index in [2.05, 4.69) is 6.92 Å². The molecule has 2 aliphatic rings. The maximum Gasteiger partial charge on any atom is 0.410 e. The molecule has 6 nitrogen and oxygen atoms in total. The van der Waals surface area contributed by atoms with Gasteiger partial charge in [0, 0.05) is 19.1 Å². The second-order valence-electron chi connectivity index (χ2n) is 8.14. The summed E-state index contributed by atoms with van der Waals surface area (Å²) in [6.45, 7) is 8.33. The number of benzene rings is 1. The first kappa shape index (κ1) is 19.2. The fraction of sp³-hybridized carbons (Fsp3) is 0.632. The van der Waals surface area contributed by atoms with Crippen LogP contribution in [0.3, 0.4) is 0 Å². The Morgan fingerprint density at radius 3 is 2.31 bits per heavy atom. The van der Waals surface area contributed by atoms with Gasteiger partial charge in [0.25, 0.3) is 0 Å². The number of nitrogens with zero attached hydrogens (tertiary/aromatic N) is 2. The minimum atomic E-state index is -3.53. The first-order valence-electron chi connectivity index (χ1n) is 9.22. The second-order valence-corrected chi connectivity index (χ2v) is 10.0. The fourth-order valence-electron chi connectivity index (χ4n) is 3.72. The van der Waals surface area contributed by atoms with Crippen molar-refractivity contribution >= 4 is 16.1 Å². The summed E-state index contributed by atoms with van der Waals surface area (Å²) in [5, 5.41) is 0. The van der Waals surface area contributed by atoms with Gasteiger partial charge in [-0.3, -0.25) is 0 Å². The predicted molar refractivity (Wildman–Crippen MR) is 99.5 cm³/mol. The number of sulfonamides is 1. The molecule has 3 rings (SSSR count). The zero-order valence-electron chi connectivity index (χ0n) is 15.9. The number of aryl methyl sites for hydroxylation is 1. The molecule has 0 N–H and O–H groups in total. The third-order valence-corrected chi connectivity index (χ3v) is 6.82. The molecular formula is C19H28N2O4S. The Morgan fingerprint density at radius 1 is 1.15 bits per heavy atom. The third-order valence-electron chi connectivity index (χ3n) is 4.89. The van der Waals surface area contributed by atoms with Crippen molar-refractivity contribution in [1.29, 1.82) is 0 Å². The van der Waals surface area contributed by atoms with Crippen LogP contribution in [-0.2, 0) is 21.2 Å². The number of rotatable bonds is 4. The van der Waals surface area contributed by atoms with E-state index in [1.807, 2.05) is 32.9 Å². The van der Waals surface area contributed by atoms with E-state index in [1.165, 1.54) is 0 Å². The summed E-state index contributed by atoms with van der Waals surface area (Å²) in [6.07, 6.45) is 2.29. The van der Waals surface area contributed by atoms with Crippen LogP contribution < -0.4 is 0 Å². The standard InChI is InChI=1S/C19H28N2O4S/c1-5-6-14-7-9-17(10-8-14)26(23,24)21-13-15-11-16(21)12-20(15)18(22)25-19(2,3)4/h7-10,15-16H,5-6,11-13H2,1-4H3. The van der Waals surface area contributed by atoms with Crippen molar-refractivity contribution in [3.05, 3.63) is 29.8 Å². The van der Waals surface area contributed by atoms with Gasteiger partial charge in [0.2, 0.25) is 10.0 Å². The minimum absolute atomic E-state index is 0.107. The summed E-state index contributed by atoms with van der Waals surface area (Å²) in [5.41, 5.74) is 0.593. The topological polar surface area (TPSA) is 66.9 Å². The molecule has 2 bridgehead atoms. The molecule has 2 fully saturated rings. The summed E-state index contributed by atoms with van der Waals surface area (Å²) < 4.78 is 33.0. The molecule has 2 aliphatic heterocycles. The lowest BCUT2D eigenvalue weighted by Gasteiger charge is -2.34. The van der Waals surface area contributed by atoms with Crippen molar-refractivity contribution in [3.63, 3.8) is 0 Å². The Balaban J connectivity index is 1.70. The number of fused-ring (bicyclic) bond motifs is 2. The number of carbonyl (C=O) groups is 1. The van der Waals surface area contributed by atoms with E-state index in [9.17, 15) is 13.2 Å². The molecule has 1 aromatic carbocycles. The molecule has 0 aliphatic carbocycles.